The zero-order valence-corrected chi connectivity index (χ0v) is 64.9. The molecule has 604 valence electrons. The maximum absolute atomic E-state index is 13.2. The Balaban J connectivity index is 0.000000380. The summed E-state index contributed by atoms with van der Waals surface area (Å²) in [6.45, 7) is 19.0. The van der Waals surface area contributed by atoms with Crippen molar-refractivity contribution in [2.75, 3.05) is 125 Å². The van der Waals surface area contributed by atoms with E-state index in [2.05, 4.69) is 26.6 Å². The number of nitrogens with two attached hydrogens (primary N) is 2. The summed E-state index contributed by atoms with van der Waals surface area (Å²) in [5, 5.41) is 21.9. The van der Waals surface area contributed by atoms with Gasteiger partial charge in [-0.2, -0.15) is 0 Å². The van der Waals surface area contributed by atoms with Gasteiger partial charge in [-0.15, -0.1) is 24.8 Å². The topological polar surface area (TPSA) is 371 Å². The van der Waals surface area contributed by atoms with Gasteiger partial charge < -0.3 is 91.2 Å². The van der Waals surface area contributed by atoms with E-state index >= 15 is 0 Å². The Kier molecular flexibility index (Phi) is 39.9. The van der Waals surface area contributed by atoms with Crippen LogP contribution in [0, 0.1) is 0 Å². The molecule has 10 N–H and O–H groups in total. The molecule has 4 aliphatic heterocycles. The Bertz CT molecular complexity index is 3850. The molecule has 4 aromatic carbocycles. The molecule has 0 radical (unpaired) electrons. The number of hydrogen-bond acceptors (Lipinski definition) is 18. The molecule has 4 aromatic rings. The second kappa shape index (κ2) is 46.8. The minimum Gasteiger partial charge on any atom is -0.489 e. The molecule has 0 fully saturated rings. The Morgan fingerprint density at radius 2 is 0.664 bits per heavy atom. The van der Waals surface area contributed by atoms with Crippen LogP contribution in [0.4, 0.5) is 27.2 Å². The summed E-state index contributed by atoms with van der Waals surface area (Å²) in [5.41, 5.74) is 16.0. The summed E-state index contributed by atoms with van der Waals surface area (Å²) in [4.78, 5) is 125. The van der Waals surface area contributed by atoms with Crippen LogP contribution in [-0.4, -0.2) is 220 Å². The van der Waals surface area contributed by atoms with Crippen LogP contribution < -0.4 is 57.0 Å². The van der Waals surface area contributed by atoms with Crippen molar-refractivity contribution in [1.29, 1.82) is 0 Å². The highest BCUT2D eigenvalue weighted by Crippen LogP contribution is 2.29. The summed E-state index contributed by atoms with van der Waals surface area (Å²) in [5.74, 6) is -0.407. The van der Waals surface area contributed by atoms with Crippen molar-refractivity contribution in [2.24, 2.45) is 11.5 Å². The van der Waals surface area contributed by atoms with E-state index in [-0.39, 0.29) is 156 Å². The third-order valence-electron chi connectivity index (χ3n) is 16.0. The number of aliphatic carboxylic acids is 1. The number of carboxylic acid groups (broad SMARTS) is 1. The van der Waals surface area contributed by atoms with Crippen LogP contribution in [0.2, 0.25) is 0 Å². The SMILES string of the molecule is CC(C)(C)OC(=O)NC/C(=C\F)COc1ccc2c(c1)CCN(CC(=O)O)C2=O.CCNC(=O)CN1CCc2cc(OC/C(=C/F)CN)ccc2C1=O.CCNC(=O)CN1CCc2cc(OC/C(=C/F)CN)ccc2C1=O.CCNC(=O)CN1CCc2cc(OC/C(=C/F)CNC(=O)OC(C)(C)C)ccc2C1=O.Cl.Cl. The lowest BCUT2D eigenvalue weighted by Gasteiger charge is -2.28. The molecule has 34 heteroatoms. The number of halogens is 6. The van der Waals surface area contributed by atoms with Gasteiger partial charge >= 0.3 is 18.2 Å². The van der Waals surface area contributed by atoms with Crippen LogP contribution >= 0.6 is 24.8 Å². The van der Waals surface area contributed by atoms with Gasteiger partial charge in [0.2, 0.25) is 17.7 Å². The molecule has 4 aliphatic rings. The second-order valence-electron chi connectivity index (χ2n) is 26.8. The molecule has 0 aliphatic carbocycles. The smallest absolute Gasteiger partial charge is 0.407 e. The number of alkyl carbamates (subject to hydrolysis) is 2. The monoisotopic (exact) mass is 1590 g/mol. The third kappa shape index (κ3) is 31.3. The predicted molar refractivity (Wildman–Crippen MR) is 408 cm³/mol. The molecule has 0 saturated carbocycles. The van der Waals surface area contributed by atoms with Gasteiger partial charge in [0.25, 0.3) is 23.6 Å². The number of hydrogen-bond donors (Lipinski definition) is 8. The number of fused-ring (bicyclic) bond motifs is 4. The Hall–Kier alpha value is -10.4. The lowest BCUT2D eigenvalue weighted by molar-refractivity contribution is -0.137. The number of carbonyl (C=O) groups excluding carboxylic acids is 9. The standard InChI is InChI=1S/C22H30FN3O5.C20H25FN2O6.2C17H22FN3O3.2ClH/c1-5-24-19(27)13-26-9-8-16-10-17(6-7-18(16)20(26)28)30-14-15(11-23)12-25-21(29)31-22(2,3)4;1-20(2,3)29-19(27)22-10-13(9-21)12-28-15-4-5-16-14(8-15)6-7-23(18(16)26)11-17(24)25;2*1-2-20-16(22)10-21-6-5-13-7-14(3-4-15(13)17(21)23)24-11-12(8-18)9-19;;/h6-7,10-11H,5,8-9,12-14H2,1-4H3,(H,24,27)(H,25,29);4-5,8-9H,6-7,10-12H2,1-3H3,(H,22,27)(H,24,25);2*3-4,7-8H,2,5-6,9-11,19H2,1H3,(H,20,22);2*1H/b15-11+;13-9+;2*12-8+;;. The first-order valence-electron chi connectivity index (χ1n) is 35.1. The van der Waals surface area contributed by atoms with Crippen LogP contribution in [0.3, 0.4) is 0 Å². The lowest BCUT2D eigenvalue weighted by atomic mass is 9.98. The number of ether oxygens (including phenoxy) is 6. The molecule has 110 heavy (non-hydrogen) atoms. The van der Waals surface area contributed by atoms with Crippen LogP contribution in [-0.2, 0) is 54.3 Å². The van der Waals surface area contributed by atoms with E-state index in [0.29, 0.717) is 153 Å². The zero-order chi connectivity index (χ0) is 79.7. The average Bonchev–Trinajstić information content (AvgIpc) is 0.822. The van der Waals surface area contributed by atoms with Crippen molar-refractivity contribution < 1.29 is 99.0 Å². The lowest BCUT2D eigenvalue weighted by Crippen LogP contribution is -2.44. The molecule has 0 atom stereocenters. The average molecular weight is 1590 g/mol. The molecule has 28 nitrogen and oxygen atoms in total. The molecule has 0 saturated heterocycles. The first-order chi connectivity index (χ1) is 51.4. The van der Waals surface area contributed by atoms with E-state index in [9.17, 15) is 65.5 Å². The zero-order valence-electron chi connectivity index (χ0n) is 63.3. The summed E-state index contributed by atoms with van der Waals surface area (Å²) in [7, 11) is 0. The van der Waals surface area contributed by atoms with Crippen LogP contribution in [0.15, 0.2) is 120 Å². The van der Waals surface area contributed by atoms with E-state index in [0.717, 1.165) is 22.3 Å². The molecule has 0 bridgehead atoms. The van der Waals surface area contributed by atoms with Gasteiger partial charge in [-0.1, -0.05) is 0 Å². The molecular weight excluding hydrogens is 1490 g/mol. The number of benzene rings is 4. The first-order valence-corrected chi connectivity index (χ1v) is 35.1. The van der Waals surface area contributed by atoms with E-state index in [1.807, 2.05) is 20.8 Å². The second-order valence-corrected chi connectivity index (χ2v) is 26.8. The van der Waals surface area contributed by atoms with Crippen molar-refractivity contribution in [1.82, 2.24) is 46.2 Å². The fraction of sp³-hybridized carbons (Fsp3) is 0.447. The molecule has 0 unspecified atom stereocenters. The molecule has 9 amide bonds. The van der Waals surface area contributed by atoms with E-state index in [4.69, 9.17) is 45.0 Å². The highest BCUT2D eigenvalue weighted by atomic mass is 35.5. The largest absolute Gasteiger partial charge is 0.489 e. The van der Waals surface area contributed by atoms with Gasteiger partial charge in [-0.3, -0.25) is 38.4 Å². The van der Waals surface area contributed by atoms with Crippen molar-refractivity contribution >= 4 is 84.3 Å². The highest BCUT2D eigenvalue weighted by molar-refractivity contribution is 6.01. The van der Waals surface area contributed by atoms with Gasteiger partial charge in [0.1, 0.15) is 67.2 Å². The number of rotatable bonds is 29. The van der Waals surface area contributed by atoms with Crippen molar-refractivity contribution in [2.45, 2.75) is 99.2 Å². The minimum atomic E-state index is -1.06. The number of nitrogens with one attached hydrogen (secondary N) is 5. The quantitative estimate of drug-likeness (QED) is 0.0239. The van der Waals surface area contributed by atoms with Crippen molar-refractivity contribution in [3.63, 3.8) is 0 Å². The van der Waals surface area contributed by atoms with Crippen LogP contribution in [0.25, 0.3) is 0 Å². The maximum atomic E-state index is 13.2. The van der Waals surface area contributed by atoms with Gasteiger partial charge in [0, 0.05) is 117 Å². The van der Waals surface area contributed by atoms with Crippen LogP contribution in [0.5, 0.6) is 23.0 Å². The number of nitrogens with zero attached hydrogens (tertiary/aromatic N) is 4. The molecule has 4 heterocycles. The third-order valence-corrected chi connectivity index (χ3v) is 16.0. The Labute approximate surface area is 649 Å². The van der Waals surface area contributed by atoms with Crippen molar-refractivity contribution in [3.05, 3.63) is 165 Å². The predicted octanol–water partition coefficient (Wildman–Crippen LogP) is 7.97. The minimum absolute atomic E-state index is 0. The molecule has 0 spiro atoms. The van der Waals surface area contributed by atoms with Gasteiger partial charge in [0.15, 0.2) is 0 Å². The normalized spacial score (nSPS) is 14.0. The number of likely N-dealkylation sites (N-methyl/N-ethyl adjacent to an activating group) is 3. The Morgan fingerprint density at radius 1 is 0.418 bits per heavy atom. The van der Waals surface area contributed by atoms with Crippen molar-refractivity contribution in [3.8, 4) is 23.0 Å². The van der Waals surface area contributed by atoms with E-state index in [1.165, 1.54) is 19.6 Å². The van der Waals surface area contributed by atoms with Gasteiger partial charge in [0.05, 0.1) is 45.0 Å². The summed E-state index contributed by atoms with van der Waals surface area (Å²) in [6.07, 6.45) is 2.71. The van der Waals surface area contributed by atoms with E-state index < -0.39 is 29.4 Å². The molecule has 8 rings (SSSR count). The fourth-order valence-electron chi connectivity index (χ4n) is 10.7. The summed E-state index contributed by atoms with van der Waals surface area (Å²) in [6, 6.07) is 20.1. The fourth-order valence-corrected chi connectivity index (χ4v) is 10.7. The number of carboxylic acids is 1. The first kappa shape index (κ1) is 93.8. The van der Waals surface area contributed by atoms with Gasteiger partial charge in [-0.25, -0.2) is 27.2 Å². The van der Waals surface area contributed by atoms with Crippen LogP contribution in [0.1, 0.15) is 126 Å². The van der Waals surface area contributed by atoms with E-state index in [1.54, 1.807) is 114 Å². The molecular formula is C76H101Cl2F4N11O17. The summed E-state index contributed by atoms with van der Waals surface area (Å²) >= 11 is 0. The molecule has 0 aromatic heterocycles. The Morgan fingerprint density at radius 3 is 0.882 bits per heavy atom. The maximum Gasteiger partial charge on any atom is 0.407 e. The number of amides is 9. The van der Waals surface area contributed by atoms with Gasteiger partial charge in [-0.05, 0) is 183 Å². The highest BCUT2D eigenvalue weighted by Gasteiger charge is 2.31. The number of carbonyl (C=O) groups is 10. The summed E-state index contributed by atoms with van der Waals surface area (Å²) < 4.78 is 83.6.